The van der Waals surface area contributed by atoms with Crippen molar-refractivity contribution in [3.8, 4) is 0 Å². The van der Waals surface area contributed by atoms with Gasteiger partial charge >= 0.3 is 21.1 Å². The first-order valence-corrected chi connectivity index (χ1v) is 7.80. The smallest absolute Gasteiger partial charge is 0.870 e. The van der Waals surface area contributed by atoms with Crippen LogP contribution in [0.1, 0.15) is 25.7 Å². The zero-order chi connectivity index (χ0) is 13.7. The van der Waals surface area contributed by atoms with Crippen molar-refractivity contribution in [3.63, 3.8) is 0 Å². The van der Waals surface area contributed by atoms with Crippen molar-refractivity contribution in [2.24, 2.45) is 11.5 Å². The third-order valence-electron chi connectivity index (χ3n) is 2.08. The Morgan fingerprint density at radius 2 is 1.20 bits per heavy atom. The molecule has 0 aromatic carbocycles. The summed E-state index contributed by atoms with van der Waals surface area (Å²) >= 11 is 0. The topological polar surface area (TPSA) is 242 Å². The molecule has 1 fully saturated rings. The van der Waals surface area contributed by atoms with E-state index in [2.05, 4.69) is 4.31 Å². The molecule has 1 saturated carbocycles. The molecule has 14 heteroatoms. The minimum atomic E-state index is -5.36. The van der Waals surface area contributed by atoms with Crippen LogP contribution in [0, 0.1) is 0 Å². The second-order valence-corrected chi connectivity index (χ2v) is 6.16. The molecule has 0 aromatic heterocycles. The molecular weight excluding hydrogens is 501 g/mol. The molecule has 4 atom stereocenters. The molecule has 0 aromatic rings. The molecule has 8 N–H and O–H groups in total. The van der Waals surface area contributed by atoms with Crippen molar-refractivity contribution in [2.75, 3.05) is 0 Å². The van der Waals surface area contributed by atoms with Gasteiger partial charge in [0, 0.05) is 12.1 Å². The second-order valence-electron chi connectivity index (χ2n) is 3.63. The number of hydrogen-bond donors (Lipinski definition) is 4. The molecule has 2 unspecified atom stereocenters. The Hall–Kier alpha value is 0.788. The van der Waals surface area contributed by atoms with E-state index < -0.39 is 15.6 Å². The Balaban J connectivity index is -0.000000112. The van der Waals surface area contributed by atoms with E-state index in [9.17, 15) is 18.9 Å². The van der Waals surface area contributed by atoms with Gasteiger partial charge in [-0.2, -0.15) is 0 Å². The molecule has 0 amide bonds. The van der Waals surface area contributed by atoms with Gasteiger partial charge in [0.25, 0.3) is 15.6 Å². The van der Waals surface area contributed by atoms with Crippen LogP contribution in [-0.2, 0) is 34.5 Å². The summed E-state index contributed by atoms with van der Waals surface area (Å²) in [6.45, 7) is 0. The maximum absolute atomic E-state index is 9.48. The normalized spacial score (nSPS) is 26.9. The summed E-state index contributed by atoms with van der Waals surface area (Å²) in [4.78, 5) is 34.1. The molecule has 126 valence electrons. The number of nitrogens with two attached hydrogens (primary N) is 2. The van der Waals surface area contributed by atoms with Crippen molar-refractivity contribution < 1.29 is 65.0 Å². The van der Waals surface area contributed by atoms with E-state index in [4.69, 9.17) is 21.3 Å². The van der Waals surface area contributed by atoms with Crippen molar-refractivity contribution in [1.82, 2.24) is 0 Å². The van der Waals surface area contributed by atoms with E-state index in [1.54, 1.807) is 0 Å². The molecule has 0 spiro atoms. The molecule has 1 aliphatic carbocycles. The molecule has 1 rings (SSSR count). The molecule has 11 nitrogen and oxygen atoms in total. The van der Waals surface area contributed by atoms with Crippen LogP contribution in [0.2, 0.25) is 0 Å². The first-order valence-electron chi connectivity index (χ1n) is 4.81. The summed E-state index contributed by atoms with van der Waals surface area (Å²) in [5, 5.41) is 0. The van der Waals surface area contributed by atoms with Gasteiger partial charge in [-0.15, -0.1) is 0 Å². The SMILES string of the molecule is N[C@@H]1CCCC[C@H]1N.O=P([O-])(O)OP(=O)([O-])O.[OH-].[OH-].[Pt+4]. The van der Waals surface area contributed by atoms with Crippen LogP contribution in [0.5, 0.6) is 0 Å². The van der Waals surface area contributed by atoms with Gasteiger partial charge in [0.1, 0.15) is 0 Å². The Morgan fingerprint density at radius 3 is 1.30 bits per heavy atom. The zero-order valence-corrected chi connectivity index (χ0v) is 14.2. The fraction of sp³-hybridized carbons (Fsp3) is 1.00. The summed E-state index contributed by atoms with van der Waals surface area (Å²) in [6.07, 6.45) is 4.80. The van der Waals surface area contributed by atoms with Gasteiger partial charge in [0.05, 0.1) is 0 Å². The quantitative estimate of drug-likeness (QED) is 0.285. The van der Waals surface area contributed by atoms with E-state index in [1.165, 1.54) is 12.8 Å². The van der Waals surface area contributed by atoms with Crippen molar-refractivity contribution in [1.29, 1.82) is 0 Å². The van der Waals surface area contributed by atoms with Gasteiger partial charge in [-0.1, -0.05) is 12.8 Å². The van der Waals surface area contributed by atoms with Crippen molar-refractivity contribution in [3.05, 3.63) is 0 Å². The largest absolute Gasteiger partial charge is 4.00 e. The second kappa shape index (κ2) is 12.3. The van der Waals surface area contributed by atoms with Gasteiger partial charge in [-0.3, -0.25) is 9.13 Å². The molecule has 0 bridgehead atoms. The monoisotopic (exact) mass is 519 g/mol. The Morgan fingerprint density at radius 1 is 0.950 bits per heavy atom. The van der Waals surface area contributed by atoms with Gasteiger partial charge in [0.15, 0.2) is 0 Å². The van der Waals surface area contributed by atoms with Crippen LogP contribution in [0.3, 0.4) is 0 Å². The van der Waals surface area contributed by atoms with Crippen LogP contribution in [0.4, 0.5) is 0 Å². The number of rotatable bonds is 2. The van der Waals surface area contributed by atoms with Crippen LogP contribution in [0.15, 0.2) is 0 Å². The standard InChI is InChI=1S/C6H14N2.H4O7P2.2H2O.Pt/c7-5-3-1-2-4-6(5)8;1-8(2,3)7-9(4,5)6;;;/h5-6H,1-4,7-8H2;(H2,1,2,3)(H2,4,5,6);2*1H2;/q;;;;+4/p-4/t5-,6-;;;;/m1..../s1. The Kier molecular flexibility index (Phi) is 17.8. The molecule has 1 aliphatic rings. The van der Waals surface area contributed by atoms with Gasteiger partial charge in [-0.25, -0.2) is 4.31 Å². The van der Waals surface area contributed by atoms with Crippen LogP contribution >= 0.6 is 15.6 Å². The molecular formula is C6H18N2O9P2Pt. The molecule has 0 saturated heterocycles. The minimum Gasteiger partial charge on any atom is -0.870 e. The fourth-order valence-electron chi connectivity index (χ4n) is 1.32. The molecule has 0 heterocycles. The third-order valence-corrected chi connectivity index (χ3v) is 3.73. The maximum atomic E-state index is 9.48. The molecule has 20 heavy (non-hydrogen) atoms. The van der Waals surface area contributed by atoms with E-state index in [0.29, 0.717) is 0 Å². The summed E-state index contributed by atoms with van der Waals surface area (Å²) in [7, 11) is -10.7. The van der Waals surface area contributed by atoms with E-state index >= 15 is 0 Å². The predicted molar refractivity (Wildman–Crippen MR) is 59.0 cm³/mol. The van der Waals surface area contributed by atoms with Crippen LogP contribution in [0.25, 0.3) is 0 Å². The van der Waals surface area contributed by atoms with Crippen LogP contribution < -0.4 is 21.3 Å². The molecule has 0 radical (unpaired) electrons. The fourth-order valence-corrected chi connectivity index (χ4v) is 2.36. The van der Waals surface area contributed by atoms with Gasteiger partial charge in [-0.05, 0) is 12.8 Å². The zero-order valence-electron chi connectivity index (χ0n) is 10.2. The Bertz CT molecular complexity index is 292. The summed E-state index contributed by atoms with van der Waals surface area (Å²) in [5.41, 5.74) is 11.3. The van der Waals surface area contributed by atoms with Gasteiger partial charge in [0.2, 0.25) is 0 Å². The number of hydrogen-bond acceptors (Lipinski definition) is 9. The van der Waals surface area contributed by atoms with E-state index in [1.807, 2.05) is 0 Å². The Labute approximate surface area is 130 Å². The molecule has 0 aliphatic heterocycles. The van der Waals surface area contributed by atoms with Crippen molar-refractivity contribution >= 4 is 15.6 Å². The maximum Gasteiger partial charge on any atom is 4.00 e. The first-order chi connectivity index (χ1) is 7.51. The van der Waals surface area contributed by atoms with E-state index in [-0.39, 0.29) is 44.1 Å². The summed E-state index contributed by atoms with van der Waals surface area (Å²) in [5.74, 6) is 0. The summed E-state index contributed by atoms with van der Waals surface area (Å²) < 4.78 is 21.7. The van der Waals surface area contributed by atoms with Gasteiger partial charge < -0.3 is 42.0 Å². The predicted octanol–water partition coefficient (Wildman–Crippen LogP) is -2.22. The van der Waals surface area contributed by atoms with Crippen LogP contribution in [-0.4, -0.2) is 32.8 Å². The number of phosphoric acid groups is 2. The average Bonchev–Trinajstić information content (AvgIpc) is 2.04. The third kappa shape index (κ3) is 18.8. The average molecular weight is 519 g/mol. The van der Waals surface area contributed by atoms with E-state index in [0.717, 1.165) is 12.8 Å². The minimum absolute atomic E-state index is 0. The summed E-state index contributed by atoms with van der Waals surface area (Å²) in [6, 6.07) is 0.562. The van der Waals surface area contributed by atoms with Crippen molar-refractivity contribution in [2.45, 2.75) is 37.8 Å². The first kappa shape index (κ1) is 28.9.